The first-order chi connectivity index (χ1) is 10.6. The van der Waals surface area contributed by atoms with Crippen LogP contribution in [0.3, 0.4) is 0 Å². The number of benzene rings is 1. The van der Waals surface area contributed by atoms with Crippen molar-refractivity contribution in [3.05, 3.63) is 35.6 Å². The minimum absolute atomic E-state index is 0.0390. The minimum atomic E-state index is -0.0802. The van der Waals surface area contributed by atoms with Crippen LogP contribution in [0.2, 0.25) is 0 Å². The van der Waals surface area contributed by atoms with E-state index in [0.717, 1.165) is 44.0 Å². The van der Waals surface area contributed by atoms with E-state index in [0.29, 0.717) is 5.92 Å². The Balaban J connectivity index is 1.65. The van der Waals surface area contributed by atoms with Gasteiger partial charge in [0.1, 0.15) is 5.82 Å². The number of likely N-dealkylation sites (tertiary alicyclic amines) is 1. The van der Waals surface area contributed by atoms with Gasteiger partial charge in [-0.25, -0.2) is 4.39 Å². The number of piperidine rings is 1. The lowest BCUT2D eigenvalue weighted by Crippen LogP contribution is -2.48. The van der Waals surface area contributed by atoms with Crippen molar-refractivity contribution in [3.63, 3.8) is 0 Å². The average molecular weight is 303 g/mol. The van der Waals surface area contributed by atoms with E-state index < -0.39 is 0 Å². The molecule has 0 aromatic heterocycles. The highest BCUT2D eigenvalue weighted by Gasteiger charge is 2.46. The summed E-state index contributed by atoms with van der Waals surface area (Å²) in [4.78, 5) is 6.77. The van der Waals surface area contributed by atoms with Crippen LogP contribution in [-0.2, 0) is 5.41 Å². The van der Waals surface area contributed by atoms with Gasteiger partial charge in [-0.3, -0.25) is 4.99 Å². The molecule has 4 heteroatoms. The second kappa shape index (κ2) is 6.27. The van der Waals surface area contributed by atoms with Crippen molar-refractivity contribution in [2.45, 2.75) is 38.0 Å². The molecule has 1 atom stereocenters. The quantitative estimate of drug-likeness (QED) is 0.686. The summed E-state index contributed by atoms with van der Waals surface area (Å²) in [5.41, 5.74) is 0.813. The van der Waals surface area contributed by atoms with Crippen molar-refractivity contribution in [1.29, 1.82) is 0 Å². The predicted octanol–water partition coefficient (Wildman–Crippen LogP) is 3.16. The normalized spacial score (nSPS) is 24.2. The van der Waals surface area contributed by atoms with Crippen molar-refractivity contribution < 1.29 is 4.39 Å². The monoisotopic (exact) mass is 303 g/mol. The fourth-order valence-corrected chi connectivity index (χ4v) is 3.55. The third kappa shape index (κ3) is 3.11. The van der Waals surface area contributed by atoms with Gasteiger partial charge in [-0.1, -0.05) is 25.1 Å². The lowest BCUT2D eigenvalue weighted by Gasteiger charge is -2.34. The van der Waals surface area contributed by atoms with Crippen LogP contribution in [0.15, 0.2) is 29.3 Å². The van der Waals surface area contributed by atoms with E-state index in [1.807, 2.05) is 19.2 Å². The van der Waals surface area contributed by atoms with Crippen LogP contribution in [0.4, 0.5) is 4.39 Å². The number of guanidine groups is 1. The summed E-state index contributed by atoms with van der Waals surface area (Å²) in [5.74, 6) is 1.60. The van der Waals surface area contributed by atoms with Crippen LogP contribution in [-0.4, -0.2) is 37.5 Å². The zero-order chi connectivity index (χ0) is 15.6. The van der Waals surface area contributed by atoms with Crippen LogP contribution >= 0.6 is 0 Å². The summed E-state index contributed by atoms with van der Waals surface area (Å²) in [6.07, 6.45) is 4.62. The minimum Gasteiger partial charge on any atom is -0.355 e. The van der Waals surface area contributed by atoms with Gasteiger partial charge in [0.05, 0.1) is 0 Å². The summed E-state index contributed by atoms with van der Waals surface area (Å²) in [6.45, 7) is 5.19. The topological polar surface area (TPSA) is 27.6 Å². The molecule has 1 heterocycles. The van der Waals surface area contributed by atoms with Gasteiger partial charge >= 0.3 is 0 Å². The molecule has 0 amide bonds. The third-order valence-corrected chi connectivity index (χ3v) is 5.05. The summed E-state index contributed by atoms with van der Waals surface area (Å²) in [7, 11) is 1.84. The zero-order valence-corrected chi connectivity index (χ0v) is 13.6. The number of nitrogens with zero attached hydrogens (tertiary/aromatic N) is 2. The van der Waals surface area contributed by atoms with Crippen LogP contribution in [0.1, 0.15) is 38.2 Å². The zero-order valence-electron chi connectivity index (χ0n) is 13.6. The molecule has 3 rings (SSSR count). The van der Waals surface area contributed by atoms with Gasteiger partial charge in [-0.05, 0) is 43.2 Å². The Morgan fingerprint density at radius 2 is 2.18 bits per heavy atom. The molecule has 22 heavy (non-hydrogen) atoms. The first-order valence-corrected chi connectivity index (χ1v) is 8.35. The molecule has 1 aliphatic carbocycles. The number of hydrogen-bond donors (Lipinski definition) is 1. The molecule has 1 aromatic rings. The fraction of sp³-hybridized carbons (Fsp3) is 0.611. The molecule has 1 saturated heterocycles. The molecule has 2 aliphatic rings. The molecule has 1 aliphatic heterocycles. The lowest BCUT2D eigenvalue weighted by molar-refractivity contribution is 0.265. The number of hydrogen-bond acceptors (Lipinski definition) is 1. The number of rotatable bonds is 3. The Kier molecular flexibility index (Phi) is 4.37. The molecule has 1 saturated carbocycles. The van der Waals surface area contributed by atoms with E-state index in [2.05, 4.69) is 22.1 Å². The molecule has 0 radical (unpaired) electrons. The van der Waals surface area contributed by atoms with E-state index in [9.17, 15) is 4.39 Å². The summed E-state index contributed by atoms with van der Waals surface area (Å²) < 4.78 is 14.1. The number of halogens is 1. The van der Waals surface area contributed by atoms with Gasteiger partial charge in [-0.15, -0.1) is 0 Å². The Hall–Kier alpha value is -1.58. The second-order valence-electron chi connectivity index (χ2n) is 6.85. The highest BCUT2D eigenvalue weighted by Crippen LogP contribution is 2.48. The van der Waals surface area contributed by atoms with E-state index in [1.54, 1.807) is 12.1 Å². The van der Waals surface area contributed by atoms with Crippen molar-refractivity contribution in [2.75, 3.05) is 26.7 Å². The molecule has 120 valence electrons. The lowest BCUT2D eigenvalue weighted by atomic mass is 9.95. The molecule has 1 aromatic carbocycles. The molecule has 0 spiro atoms. The number of nitrogens with one attached hydrogen (secondary N) is 1. The molecule has 0 bridgehead atoms. The Labute approximate surface area is 132 Å². The van der Waals surface area contributed by atoms with Gasteiger partial charge in [0.2, 0.25) is 0 Å². The maximum absolute atomic E-state index is 14.1. The Morgan fingerprint density at radius 3 is 2.82 bits per heavy atom. The largest absolute Gasteiger partial charge is 0.355 e. The van der Waals surface area contributed by atoms with Crippen molar-refractivity contribution in [2.24, 2.45) is 10.9 Å². The highest BCUT2D eigenvalue weighted by atomic mass is 19.1. The molecule has 1 unspecified atom stereocenters. The second-order valence-corrected chi connectivity index (χ2v) is 6.85. The van der Waals surface area contributed by atoms with E-state index in [4.69, 9.17) is 0 Å². The van der Waals surface area contributed by atoms with Gasteiger partial charge < -0.3 is 10.2 Å². The van der Waals surface area contributed by atoms with Crippen LogP contribution in [0.5, 0.6) is 0 Å². The molecular weight excluding hydrogens is 277 g/mol. The maximum atomic E-state index is 14.1. The number of aliphatic imine (C=N–C) groups is 1. The summed E-state index contributed by atoms with van der Waals surface area (Å²) >= 11 is 0. The van der Waals surface area contributed by atoms with Crippen molar-refractivity contribution in [1.82, 2.24) is 10.2 Å². The van der Waals surface area contributed by atoms with Gasteiger partial charge in [0.25, 0.3) is 0 Å². The SMILES string of the molecule is CN=C(NCC1(c2ccccc2F)CC1)N1CCCC(C)C1. The van der Waals surface area contributed by atoms with Gasteiger partial charge in [-0.2, -0.15) is 0 Å². The molecule has 1 N–H and O–H groups in total. The molecule has 3 nitrogen and oxygen atoms in total. The van der Waals surface area contributed by atoms with Crippen molar-refractivity contribution >= 4 is 5.96 Å². The Morgan fingerprint density at radius 1 is 1.41 bits per heavy atom. The standard InChI is InChI=1S/C18H26FN3/c1-14-6-5-11-22(12-14)17(20-2)21-13-18(9-10-18)15-7-3-4-8-16(15)19/h3-4,7-8,14H,5-6,9-13H2,1-2H3,(H,20,21). The molecular formula is C18H26FN3. The smallest absolute Gasteiger partial charge is 0.193 e. The van der Waals surface area contributed by atoms with Crippen LogP contribution in [0, 0.1) is 11.7 Å². The average Bonchev–Trinajstić information content (AvgIpc) is 3.29. The molecule has 2 fully saturated rings. The maximum Gasteiger partial charge on any atom is 0.193 e. The van der Waals surface area contributed by atoms with Crippen LogP contribution < -0.4 is 5.32 Å². The van der Waals surface area contributed by atoms with Crippen LogP contribution in [0.25, 0.3) is 0 Å². The van der Waals surface area contributed by atoms with E-state index >= 15 is 0 Å². The first-order valence-electron chi connectivity index (χ1n) is 8.35. The van der Waals surface area contributed by atoms with E-state index in [-0.39, 0.29) is 11.2 Å². The first kappa shape index (κ1) is 15.3. The highest BCUT2D eigenvalue weighted by molar-refractivity contribution is 5.80. The predicted molar refractivity (Wildman–Crippen MR) is 88.6 cm³/mol. The van der Waals surface area contributed by atoms with Gasteiger partial charge in [0.15, 0.2) is 5.96 Å². The summed E-state index contributed by atoms with van der Waals surface area (Å²) in [5, 5.41) is 3.50. The summed E-state index contributed by atoms with van der Waals surface area (Å²) in [6, 6.07) is 7.18. The van der Waals surface area contributed by atoms with Gasteiger partial charge in [0, 0.05) is 32.1 Å². The third-order valence-electron chi connectivity index (χ3n) is 5.05. The van der Waals surface area contributed by atoms with E-state index in [1.165, 1.54) is 12.8 Å². The Bertz CT molecular complexity index is 551. The fourth-order valence-electron chi connectivity index (χ4n) is 3.55. The van der Waals surface area contributed by atoms with Crippen molar-refractivity contribution in [3.8, 4) is 0 Å².